The molecule has 4 heteroatoms. The minimum absolute atomic E-state index is 0.00690. The first kappa shape index (κ1) is 18.6. The molecular formula is C19H32O2Si2. The first-order valence-corrected chi connectivity index (χ1v) is 13.8. The topological polar surface area (TPSA) is 18.5 Å². The standard InChI is InChI=1S/C19H32O2Si2/c1-14-13-16-15(11-10-12-17(16)22(7,8)9)18(14)23(20-5,21-6)19(2,3)4/h10-13,18H,1-9H3. The van der Waals surface area contributed by atoms with Crippen molar-refractivity contribution in [3.05, 3.63) is 34.9 Å². The molecule has 23 heavy (non-hydrogen) atoms. The molecule has 0 radical (unpaired) electrons. The van der Waals surface area contributed by atoms with Gasteiger partial charge in [0.1, 0.15) is 0 Å². The fourth-order valence-electron chi connectivity index (χ4n) is 4.08. The molecule has 0 N–H and O–H groups in total. The van der Waals surface area contributed by atoms with Gasteiger partial charge in [0, 0.05) is 24.8 Å². The summed E-state index contributed by atoms with van der Waals surface area (Å²) in [7, 11) is -0.191. The van der Waals surface area contributed by atoms with Crippen LogP contribution in [0.4, 0.5) is 0 Å². The Morgan fingerprint density at radius 3 is 2.00 bits per heavy atom. The van der Waals surface area contributed by atoms with Crippen LogP contribution in [0.5, 0.6) is 0 Å². The van der Waals surface area contributed by atoms with Gasteiger partial charge < -0.3 is 8.85 Å². The first-order valence-electron chi connectivity index (χ1n) is 8.41. The molecule has 2 nitrogen and oxygen atoms in total. The molecule has 1 aromatic rings. The molecule has 0 saturated heterocycles. The highest BCUT2D eigenvalue weighted by atomic mass is 28.4. The van der Waals surface area contributed by atoms with E-state index in [0.717, 1.165) is 0 Å². The Balaban J connectivity index is 2.70. The Bertz CT molecular complexity index is 617. The lowest BCUT2D eigenvalue weighted by Gasteiger charge is -2.44. The van der Waals surface area contributed by atoms with Gasteiger partial charge in [-0.25, -0.2) is 0 Å². The fourth-order valence-corrected chi connectivity index (χ4v) is 9.77. The van der Waals surface area contributed by atoms with Crippen LogP contribution in [0.1, 0.15) is 44.4 Å². The zero-order chi connectivity index (χ0) is 17.6. The molecule has 1 aromatic carbocycles. The Kier molecular flexibility index (Phi) is 4.86. The Morgan fingerprint density at radius 1 is 1.00 bits per heavy atom. The van der Waals surface area contributed by atoms with Gasteiger partial charge in [-0.15, -0.1) is 0 Å². The minimum atomic E-state index is -2.46. The van der Waals surface area contributed by atoms with Crippen molar-refractivity contribution < 1.29 is 8.85 Å². The average molecular weight is 349 g/mol. The van der Waals surface area contributed by atoms with Gasteiger partial charge in [-0.3, -0.25) is 0 Å². The second-order valence-corrected chi connectivity index (χ2v) is 18.0. The van der Waals surface area contributed by atoms with E-state index < -0.39 is 16.6 Å². The van der Waals surface area contributed by atoms with E-state index in [1.807, 2.05) is 14.2 Å². The van der Waals surface area contributed by atoms with E-state index in [4.69, 9.17) is 8.85 Å². The van der Waals surface area contributed by atoms with Gasteiger partial charge in [0.2, 0.25) is 0 Å². The summed E-state index contributed by atoms with van der Waals surface area (Å²) in [6.07, 6.45) is 2.39. The van der Waals surface area contributed by atoms with Gasteiger partial charge in [-0.1, -0.05) is 75.4 Å². The van der Waals surface area contributed by atoms with E-state index in [0.29, 0.717) is 0 Å². The van der Waals surface area contributed by atoms with Crippen molar-refractivity contribution in [2.75, 3.05) is 14.2 Å². The van der Waals surface area contributed by atoms with Crippen LogP contribution in [-0.4, -0.2) is 30.9 Å². The summed E-state index contributed by atoms with van der Waals surface area (Å²) < 4.78 is 12.4. The smallest absolute Gasteiger partial charge is 0.355 e. The molecule has 0 aliphatic heterocycles. The van der Waals surface area contributed by atoms with Gasteiger partial charge in [0.25, 0.3) is 0 Å². The van der Waals surface area contributed by atoms with Crippen molar-refractivity contribution in [2.45, 2.75) is 57.9 Å². The van der Waals surface area contributed by atoms with Gasteiger partial charge >= 0.3 is 8.56 Å². The van der Waals surface area contributed by atoms with Crippen LogP contribution in [0, 0.1) is 0 Å². The molecule has 0 saturated carbocycles. The minimum Gasteiger partial charge on any atom is -0.397 e. The number of benzene rings is 1. The van der Waals surface area contributed by atoms with E-state index >= 15 is 0 Å². The third kappa shape index (κ3) is 2.91. The van der Waals surface area contributed by atoms with Crippen molar-refractivity contribution >= 4 is 27.9 Å². The zero-order valence-corrected chi connectivity index (χ0v) is 18.2. The van der Waals surface area contributed by atoms with Crippen molar-refractivity contribution in [1.29, 1.82) is 0 Å². The molecule has 0 fully saturated rings. The van der Waals surface area contributed by atoms with E-state index in [1.54, 1.807) is 5.19 Å². The lowest BCUT2D eigenvalue weighted by atomic mass is 10.1. The van der Waals surface area contributed by atoms with Crippen LogP contribution in [0.3, 0.4) is 0 Å². The molecule has 1 aliphatic carbocycles. The summed E-state index contributed by atoms with van der Waals surface area (Å²) in [5.74, 6) is 0. The highest BCUT2D eigenvalue weighted by molar-refractivity contribution is 6.89. The van der Waals surface area contributed by atoms with E-state index in [2.05, 4.69) is 71.6 Å². The summed E-state index contributed by atoms with van der Waals surface area (Å²) in [6, 6.07) is 6.82. The maximum atomic E-state index is 6.18. The average Bonchev–Trinajstić information content (AvgIpc) is 2.75. The molecule has 1 aliphatic rings. The third-order valence-electron chi connectivity index (χ3n) is 5.12. The number of hydrogen-bond acceptors (Lipinski definition) is 2. The van der Waals surface area contributed by atoms with Crippen LogP contribution in [0.15, 0.2) is 23.8 Å². The maximum absolute atomic E-state index is 6.18. The largest absolute Gasteiger partial charge is 0.397 e. The molecule has 0 heterocycles. The van der Waals surface area contributed by atoms with Crippen LogP contribution >= 0.6 is 0 Å². The van der Waals surface area contributed by atoms with Crippen molar-refractivity contribution in [3.8, 4) is 0 Å². The quantitative estimate of drug-likeness (QED) is 0.727. The van der Waals surface area contributed by atoms with Gasteiger partial charge in [0.15, 0.2) is 0 Å². The van der Waals surface area contributed by atoms with Crippen LogP contribution in [-0.2, 0) is 8.85 Å². The van der Waals surface area contributed by atoms with Crippen LogP contribution in [0.2, 0.25) is 24.7 Å². The molecule has 0 bridgehead atoms. The third-order valence-corrected chi connectivity index (χ3v) is 12.0. The first-order chi connectivity index (χ1) is 10.5. The molecule has 2 rings (SSSR count). The van der Waals surface area contributed by atoms with Gasteiger partial charge in [-0.05, 0) is 18.1 Å². The Labute approximate surface area is 144 Å². The molecular weight excluding hydrogens is 316 g/mol. The van der Waals surface area contributed by atoms with Crippen LogP contribution in [0.25, 0.3) is 6.08 Å². The molecule has 1 atom stereocenters. The zero-order valence-electron chi connectivity index (χ0n) is 16.2. The summed E-state index contributed by atoms with van der Waals surface area (Å²) in [4.78, 5) is 0. The lowest BCUT2D eigenvalue weighted by molar-refractivity contribution is 0.206. The predicted molar refractivity (Wildman–Crippen MR) is 105 cm³/mol. The van der Waals surface area contributed by atoms with Gasteiger partial charge in [-0.2, -0.15) is 0 Å². The number of fused-ring (bicyclic) bond motifs is 1. The molecule has 0 spiro atoms. The summed E-state index contributed by atoms with van der Waals surface area (Å²) in [6.45, 7) is 16.2. The Hall–Kier alpha value is -0.686. The number of allylic oxidation sites excluding steroid dienone is 1. The monoisotopic (exact) mass is 348 g/mol. The van der Waals surface area contributed by atoms with Crippen molar-refractivity contribution in [1.82, 2.24) is 0 Å². The summed E-state index contributed by atoms with van der Waals surface area (Å²) in [5, 5.41) is 1.54. The lowest BCUT2D eigenvalue weighted by Crippen LogP contribution is -2.54. The highest BCUT2D eigenvalue weighted by Gasteiger charge is 2.57. The van der Waals surface area contributed by atoms with Crippen molar-refractivity contribution in [3.63, 3.8) is 0 Å². The maximum Gasteiger partial charge on any atom is 0.355 e. The summed E-state index contributed by atoms with van der Waals surface area (Å²) in [5.41, 5.74) is 4.50. The molecule has 128 valence electrons. The van der Waals surface area contributed by atoms with E-state index in [1.165, 1.54) is 16.7 Å². The second-order valence-electron chi connectivity index (χ2n) is 8.71. The van der Waals surface area contributed by atoms with E-state index in [9.17, 15) is 0 Å². The normalized spacial score (nSPS) is 18.8. The molecule has 1 unspecified atom stereocenters. The number of hydrogen-bond donors (Lipinski definition) is 0. The Morgan fingerprint density at radius 2 is 1.57 bits per heavy atom. The number of rotatable bonds is 4. The highest BCUT2D eigenvalue weighted by Crippen LogP contribution is 2.51. The van der Waals surface area contributed by atoms with E-state index in [-0.39, 0.29) is 10.6 Å². The predicted octanol–water partition coefficient (Wildman–Crippen LogP) is 4.81. The summed E-state index contributed by atoms with van der Waals surface area (Å²) >= 11 is 0. The second kappa shape index (κ2) is 5.99. The van der Waals surface area contributed by atoms with Crippen molar-refractivity contribution in [2.24, 2.45) is 0 Å². The molecule has 0 aromatic heterocycles. The van der Waals surface area contributed by atoms with Gasteiger partial charge in [0.05, 0.1) is 8.07 Å². The SMILES string of the molecule is CO[Si](OC)(C1C(C)=Cc2c1cccc2[Si](C)(C)C)C(C)(C)C. The fraction of sp³-hybridized carbons (Fsp3) is 0.579. The van der Waals surface area contributed by atoms with Crippen LogP contribution < -0.4 is 5.19 Å². The molecule has 0 amide bonds.